The molecule has 0 spiro atoms. The third-order valence-corrected chi connectivity index (χ3v) is 3.76. The van der Waals surface area contributed by atoms with Gasteiger partial charge in [-0.3, -0.25) is 4.98 Å². The van der Waals surface area contributed by atoms with Crippen LogP contribution < -0.4 is 4.74 Å². The number of aromatic nitrogens is 1. The third-order valence-electron chi connectivity index (χ3n) is 3.76. The minimum Gasteiger partial charge on any atom is -0.496 e. The summed E-state index contributed by atoms with van der Waals surface area (Å²) in [5.41, 5.74) is 5.52. The maximum Gasteiger partial charge on any atom is 0.125 e. The summed E-state index contributed by atoms with van der Waals surface area (Å²) >= 11 is 0. The van der Waals surface area contributed by atoms with Gasteiger partial charge in [-0.1, -0.05) is 60.7 Å². The summed E-state index contributed by atoms with van der Waals surface area (Å²) in [6.45, 7) is 1.99. The average Bonchev–Trinajstić information content (AvgIpc) is 2.62. The minimum atomic E-state index is 0. The smallest absolute Gasteiger partial charge is 0.125 e. The van der Waals surface area contributed by atoms with E-state index in [4.69, 9.17) is 4.74 Å². The van der Waals surface area contributed by atoms with E-state index in [1.54, 1.807) is 7.11 Å². The molecule has 24 heavy (non-hydrogen) atoms. The molecule has 0 aliphatic heterocycles. The van der Waals surface area contributed by atoms with E-state index in [-0.39, 0.29) is 12.4 Å². The fourth-order valence-corrected chi connectivity index (χ4v) is 2.43. The van der Waals surface area contributed by atoms with Gasteiger partial charge in [-0.15, -0.1) is 12.4 Å². The Morgan fingerprint density at radius 2 is 1.54 bits per heavy atom. The van der Waals surface area contributed by atoms with Gasteiger partial charge in [0, 0.05) is 17.8 Å². The Morgan fingerprint density at radius 3 is 2.21 bits per heavy atom. The lowest BCUT2D eigenvalue weighted by atomic mass is 10.0. The summed E-state index contributed by atoms with van der Waals surface area (Å²) < 4.78 is 5.33. The SMILES string of the molecule is COc1cc(/C=C\c2ccc(-c3ccccc3)cc2)ncc1C.Cl. The van der Waals surface area contributed by atoms with Crippen molar-refractivity contribution >= 4 is 24.6 Å². The van der Waals surface area contributed by atoms with Crippen LogP contribution in [-0.2, 0) is 0 Å². The number of hydrogen-bond acceptors (Lipinski definition) is 2. The number of nitrogens with zero attached hydrogens (tertiary/aromatic N) is 1. The second-order valence-electron chi connectivity index (χ2n) is 5.40. The third kappa shape index (κ3) is 4.24. The predicted molar refractivity (Wildman–Crippen MR) is 104 cm³/mol. The van der Waals surface area contributed by atoms with Crippen LogP contribution in [0.3, 0.4) is 0 Å². The predicted octanol–water partition coefficient (Wildman–Crippen LogP) is 5.66. The fourth-order valence-electron chi connectivity index (χ4n) is 2.43. The monoisotopic (exact) mass is 337 g/mol. The highest BCUT2D eigenvalue weighted by Crippen LogP contribution is 2.21. The number of pyridine rings is 1. The molecule has 3 aromatic rings. The second kappa shape index (κ2) is 8.32. The molecule has 0 atom stereocenters. The van der Waals surface area contributed by atoms with Crippen molar-refractivity contribution in [2.24, 2.45) is 0 Å². The van der Waals surface area contributed by atoms with Crippen molar-refractivity contribution < 1.29 is 4.74 Å². The Bertz CT molecular complexity index is 811. The highest BCUT2D eigenvalue weighted by Gasteiger charge is 1.99. The van der Waals surface area contributed by atoms with E-state index in [0.29, 0.717) is 0 Å². The molecule has 0 amide bonds. The summed E-state index contributed by atoms with van der Waals surface area (Å²) in [5.74, 6) is 0.860. The first-order chi connectivity index (χ1) is 11.3. The molecule has 1 heterocycles. The highest BCUT2D eigenvalue weighted by molar-refractivity contribution is 5.85. The molecular weight excluding hydrogens is 318 g/mol. The molecule has 0 saturated carbocycles. The van der Waals surface area contributed by atoms with Crippen LogP contribution in [0.15, 0.2) is 66.9 Å². The normalized spacial score (nSPS) is 10.4. The molecule has 0 aliphatic carbocycles. The molecule has 0 radical (unpaired) electrons. The lowest BCUT2D eigenvalue weighted by Gasteiger charge is -2.04. The van der Waals surface area contributed by atoms with Gasteiger partial charge in [-0.05, 0) is 29.7 Å². The molecule has 0 aliphatic rings. The van der Waals surface area contributed by atoms with Crippen molar-refractivity contribution in [2.45, 2.75) is 6.92 Å². The zero-order valence-corrected chi connectivity index (χ0v) is 14.6. The molecule has 0 unspecified atom stereocenters. The summed E-state index contributed by atoms with van der Waals surface area (Å²) in [6.07, 6.45) is 5.89. The van der Waals surface area contributed by atoms with Gasteiger partial charge in [0.15, 0.2) is 0 Å². The molecule has 0 bridgehead atoms. The van der Waals surface area contributed by atoms with E-state index in [1.807, 2.05) is 31.3 Å². The van der Waals surface area contributed by atoms with Crippen LogP contribution in [0.2, 0.25) is 0 Å². The fraction of sp³-hybridized carbons (Fsp3) is 0.0952. The van der Waals surface area contributed by atoms with Gasteiger partial charge in [0.1, 0.15) is 5.75 Å². The molecule has 1 aromatic heterocycles. The van der Waals surface area contributed by atoms with Crippen LogP contribution in [0.1, 0.15) is 16.8 Å². The Kier molecular flexibility index (Phi) is 6.16. The van der Waals surface area contributed by atoms with Gasteiger partial charge in [-0.2, -0.15) is 0 Å². The van der Waals surface area contributed by atoms with Crippen LogP contribution in [0.25, 0.3) is 23.3 Å². The number of methoxy groups -OCH3 is 1. The van der Waals surface area contributed by atoms with Gasteiger partial charge in [0.2, 0.25) is 0 Å². The Morgan fingerprint density at radius 1 is 0.875 bits per heavy atom. The van der Waals surface area contributed by atoms with Crippen molar-refractivity contribution in [1.82, 2.24) is 4.98 Å². The Balaban J connectivity index is 0.00000208. The molecule has 0 fully saturated rings. The van der Waals surface area contributed by atoms with Gasteiger partial charge >= 0.3 is 0 Å². The van der Waals surface area contributed by atoms with Crippen molar-refractivity contribution in [3.8, 4) is 16.9 Å². The van der Waals surface area contributed by atoms with E-state index >= 15 is 0 Å². The number of ether oxygens (including phenoxy) is 1. The van der Waals surface area contributed by atoms with Crippen LogP contribution >= 0.6 is 12.4 Å². The first-order valence-electron chi connectivity index (χ1n) is 7.60. The van der Waals surface area contributed by atoms with E-state index in [1.165, 1.54) is 11.1 Å². The second-order valence-corrected chi connectivity index (χ2v) is 5.40. The van der Waals surface area contributed by atoms with Gasteiger partial charge < -0.3 is 4.74 Å². The van der Waals surface area contributed by atoms with E-state index < -0.39 is 0 Å². The average molecular weight is 338 g/mol. The first kappa shape index (κ1) is 17.8. The highest BCUT2D eigenvalue weighted by atomic mass is 35.5. The number of benzene rings is 2. The van der Waals surface area contributed by atoms with Crippen molar-refractivity contribution in [3.63, 3.8) is 0 Å². The van der Waals surface area contributed by atoms with Gasteiger partial charge in [0.25, 0.3) is 0 Å². The molecule has 0 N–H and O–H groups in total. The van der Waals surface area contributed by atoms with Crippen molar-refractivity contribution in [2.75, 3.05) is 7.11 Å². The molecule has 122 valence electrons. The summed E-state index contributed by atoms with van der Waals surface area (Å²) in [4.78, 5) is 4.40. The Hall–Kier alpha value is -2.58. The summed E-state index contributed by atoms with van der Waals surface area (Å²) in [6, 6.07) is 20.8. The molecular formula is C21H20ClNO. The largest absolute Gasteiger partial charge is 0.496 e. The zero-order valence-electron chi connectivity index (χ0n) is 13.8. The molecule has 2 aromatic carbocycles. The number of rotatable bonds is 4. The zero-order chi connectivity index (χ0) is 16.1. The lowest BCUT2D eigenvalue weighted by Crippen LogP contribution is -1.90. The maximum absolute atomic E-state index is 5.33. The van der Waals surface area contributed by atoms with Crippen molar-refractivity contribution in [1.29, 1.82) is 0 Å². The van der Waals surface area contributed by atoms with Crippen LogP contribution in [0.5, 0.6) is 5.75 Å². The number of aryl methyl sites for hydroxylation is 1. The van der Waals surface area contributed by atoms with E-state index in [0.717, 1.165) is 22.6 Å². The van der Waals surface area contributed by atoms with E-state index in [2.05, 4.69) is 59.6 Å². The number of halogens is 1. The molecule has 0 saturated heterocycles. The maximum atomic E-state index is 5.33. The Labute approximate surface area is 149 Å². The van der Waals surface area contributed by atoms with Gasteiger partial charge in [-0.25, -0.2) is 0 Å². The van der Waals surface area contributed by atoms with Crippen LogP contribution in [-0.4, -0.2) is 12.1 Å². The molecule has 3 rings (SSSR count). The standard InChI is InChI=1S/C21H19NO.ClH/c1-16-15-22-20(14-21(16)23-2)13-10-17-8-11-19(12-9-17)18-6-4-3-5-7-18;/h3-15H,1-2H3;1H/b13-10-;. The quantitative estimate of drug-likeness (QED) is 0.613. The van der Waals surface area contributed by atoms with E-state index in [9.17, 15) is 0 Å². The van der Waals surface area contributed by atoms with Crippen LogP contribution in [0, 0.1) is 6.92 Å². The lowest BCUT2D eigenvalue weighted by molar-refractivity contribution is 0.411. The summed E-state index contributed by atoms with van der Waals surface area (Å²) in [5, 5.41) is 0. The minimum absolute atomic E-state index is 0. The van der Waals surface area contributed by atoms with Gasteiger partial charge in [0.05, 0.1) is 12.8 Å². The summed E-state index contributed by atoms with van der Waals surface area (Å²) in [7, 11) is 1.68. The molecule has 3 heteroatoms. The molecule has 2 nitrogen and oxygen atoms in total. The first-order valence-corrected chi connectivity index (χ1v) is 7.60. The number of hydrogen-bond donors (Lipinski definition) is 0. The topological polar surface area (TPSA) is 22.1 Å². The van der Waals surface area contributed by atoms with Crippen LogP contribution in [0.4, 0.5) is 0 Å². The van der Waals surface area contributed by atoms with Crippen molar-refractivity contribution in [3.05, 3.63) is 83.7 Å².